The predicted molar refractivity (Wildman–Crippen MR) is 77.7 cm³/mol. The number of rotatable bonds is 1. The topological polar surface area (TPSA) is 76.1 Å². The second-order valence-corrected chi connectivity index (χ2v) is 5.45. The van der Waals surface area contributed by atoms with E-state index in [9.17, 15) is 10.1 Å². The van der Waals surface area contributed by atoms with E-state index in [1.165, 1.54) is 0 Å². The van der Waals surface area contributed by atoms with Crippen molar-refractivity contribution in [1.82, 2.24) is 0 Å². The van der Waals surface area contributed by atoms with Crippen molar-refractivity contribution in [2.75, 3.05) is 0 Å². The van der Waals surface area contributed by atoms with Gasteiger partial charge in [0.1, 0.15) is 17.4 Å². The average Bonchev–Trinajstić information content (AvgIpc) is 2.46. The van der Waals surface area contributed by atoms with Crippen LogP contribution < -0.4 is 5.73 Å². The summed E-state index contributed by atoms with van der Waals surface area (Å²) in [6.07, 6.45) is 1.97. The third kappa shape index (κ3) is 2.21. The fraction of sp³-hybridized carbons (Fsp3) is 0.294. The molecule has 0 saturated heterocycles. The average molecular weight is 280 g/mol. The molecule has 0 bridgehead atoms. The van der Waals surface area contributed by atoms with Gasteiger partial charge >= 0.3 is 0 Å². The van der Waals surface area contributed by atoms with Gasteiger partial charge in [0, 0.05) is 18.4 Å². The standard InChI is InChI=1S/C17H16N2O2/c1-10-4-2-5-11(8-10)15-12(9-18)17(19)21-14-7-3-6-13(20)16(14)15/h2,4-5,8,15H,3,6-7,19H2,1H3/t15-/m1/s1. The van der Waals surface area contributed by atoms with Gasteiger partial charge in [-0.1, -0.05) is 29.8 Å². The van der Waals surface area contributed by atoms with Crippen LogP contribution in [0.15, 0.2) is 47.1 Å². The molecule has 1 heterocycles. The van der Waals surface area contributed by atoms with Crippen LogP contribution in [-0.2, 0) is 9.53 Å². The number of nitriles is 1. The van der Waals surface area contributed by atoms with Crippen molar-refractivity contribution < 1.29 is 9.53 Å². The van der Waals surface area contributed by atoms with E-state index in [1.807, 2.05) is 31.2 Å². The number of ether oxygens (including phenoxy) is 1. The fourth-order valence-corrected chi connectivity index (χ4v) is 3.04. The first-order valence-corrected chi connectivity index (χ1v) is 7.02. The van der Waals surface area contributed by atoms with Crippen molar-refractivity contribution in [2.45, 2.75) is 32.1 Å². The third-order valence-electron chi connectivity index (χ3n) is 3.98. The summed E-state index contributed by atoms with van der Waals surface area (Å²) in [6, 6.07) is 9.96. The molecule has 1 aromatic carbocycles. The number of Topliss-reactive ketones (excluding diaryl/α,β-unsaturated/α-hetero) is 1. The number of allylic oxidation sites excluding steroid dienone is 3. The number of carbonyl (C=O) groups excluding carboxylic acids is 1. The summed E-state index contributed by atoms with van der Waals surface area (Å²) in [5.41, 5.74) is 8.84. The molecule has 0 radical (unpaired) electrons. The van der Waals surface area contributed by atoms with E-state index in [0.29, 0.717) is 29.7 Å². The van der Waals surface area contributed by atoms with Crippen LogP contribution in [0, 0.1) is 18.3 Å². The van der Waals surface area contributed by atoms with Crippen molar-refractivity contribution in [3.05, 3.63) is 58.2 Å². The van der Waals surface area contributed by atoms with Crippen LogP contribution in [0.5, 0.6) is 0 Å². The minimum Gasteiger partial charge on any atom is -0.444 e. The lowest BCUT2D eigenvalue weighted by Crippen LogP contribution is -2.27. The minimum absolute atomic E-state index is 0.0583. The van der Waals surface area contributed by atoms with Gasteiger partial charge < -0.3 is 10.5 Å². The molecule has 106 valence electrons. The van der Waals surface area contributed by atoms with E-state index < -0.39 is 5.92 Å². The number of carbonyl (C=O) groups is 1. The van der Waals surface area contributed by atoms with E-state index in [0.717, 1.165) is 17.5 Å². The quantitative estimate of drug-likeness (QED) is 0.858. The van der Waals surface area contributed by atoms with E-state index >= 15 is 0 Å². The SMILES string of the molecule is Cc1cccc([C@@H]2C(C#N)=C(N)OC3=C2C(=O)CCC3)c1. The summed E-state index contributed by atoms with van der Waals surface area (Å²) >= 11 is 0. The smallest absolute Gasteiger partial charge is 0.205 e. The Labute approximate surface area is 123 Å². The molecule has 2 aliphatic rings. The van der Waals surface area contributed by atoms with E-state index in [-0.39, 0.29) is 11.7 Å². The molecule has 1 aliphatic carbocycles. The molecular formula is C17H16N2O2. The molecule has 4 nitrogen and oxygen atoms in total. The highest BCUT2D eigenvalue weighted by molar-refractivity contribution is 5.99. The van der Waals surface area contributed by atoms with Crippen LogP contribution in [0.4, 0.5) is 0 Å². The molecule has 0 amide bonds. The van der Waals surface area contributed by atoms with Gasteiger partial charge in [-0.15, -0.1) is 0 Å². The van der Waals surface area contributed by atoms with Crippen molar-refractivity contribution in [3.8, 4) is 6.07 Å². The van der Waals surface area contributed by atoms with E-state index in [2.05, 4.69) is 6.07 Å². The summed E-state index contributed by atoms with van der Waals surface area (Å²) in [7, 11) is 0. The van der Waals surface area contributed by atoms with Crippen LogP contribution in [0.25, 0.3) is 0 Å². The van der Waals surface area contributed by atoms with Gasteiger partial charge in [0.2, 0.25) is 5.88 Å². The number of nitrogens with zero attached hydrogens (tertiary/aromatic N) is 1. The summed E-state index contributed by atoms with van der Waals surface area (Å²) in [6.45, 7) is 1.99. The number of benzene rings is 1. The lowest BCUT2D eigenvalue weighted by molar-refractivity contribution is -0.116. The second-order valence-electron chi connectivity index (χ2n) is 5.45. The second kappa shape index (κ2) is 5.10. The first kappa shape index (κ1) is 13.4. The van der Waals surface area contributed by atoms with Crippen molar-refractivity contribution in [3.63, 3.8) is 0 Å². The third-order valence-corrected chi connectivity index (χ3v) is 3.98. The molecule has 3 rings (SSSR count). The Bertz CT molecular complexity index is 723. The zero-order valence-electron chi connectivity index (χ0n) is 11.8. The van der Waals surface area contributed by atoms with Gasteiger partial charge in [-0.2, -0.15) is 5.26 Å². The van der Waals surface area contributed by atoms with Crippen LogP contribution >= 0.6 is 0 Å². The maximum Gasteiger partial charge on any atom is 0.205 e. The first-order chi connectivity index (χ1) is 10.1. The molecule has 0 aromatic heterocycles. The summed E-state index contributed by atoms with van der Waals surface area (Å²) in [4.78, 5) is 12.4. The molecule has 0 saturated carbocycles. The number of aryl methyl sites for hydroxylation is 1. The minimum atomic E-state index is -0.397. The molecule has 1 aromatic rings. The maximum absolute atomic E-state index is 12.4. The van der Waals surface area contributed by atoms with Crippen LogP contribution in [0.1, 0.15) is 36.3 Å². The molecule has 1 atom stereocenters. The Hall–Kier alpha value is -2.54. The maximum atomic E-state index is 12.4. The molecule has 0 fully saturated rings. The van der Waals surface area contributed by atoms with E-state index in [4.69, 9.17) is 10.5 Å². The Balaban J connectivity index is 2.20. The Morgan fingerprint density at radius 3 is 2.90 bits per heavy atom. The largest absolute Gasteiger partial charge is 0.444 e. The first-order valence-electron chi connectivity index (χ1n) is 7.02. The summed E-state index contributed by atoms with van der Waals surface area (Å²) < 4.78 is 5.54. The molecule has 1 aliphatic heterocycles. The molecule has 0 unspecified atom stereocenters. The number of hydrogen-bond donors (Lipinski definition) is 1. The van der Waals surface area contributed by atoms with Gasteiger partial charge in [0.15, 0.2) is 5.78 Å². The lowest BCUT2D eigenvalue weighted by atomic mass is 9.77. The van der Waals surface area contributed by atoms with Crippen LogP contribution in [-0.4, -0.2) is 5.78 Å². The van der Waals surface area contributed by atoms with Crippen LogP contribution in [0.2, 0.25) is 0 Å². The molecular weight excluding hydrogens is 264 g/mol. The van der Waals surface area contributed by atoms with Gasteiger partial charge in [-0.05, 0) is 18.9 Å². The Kier molecular flexibility index (Phi) is 3.26. The Morgan fingerprint density at radius 1 is 1.38 bits per heavy atom. The zero-order chi connectivity index (χ0) is 15.0. The zero-order valence-corrected chi connectivity index (χ0v) is 11.8. The molecule has 21 heavy (non-hydrogen) atoms. The summed E-state index contributed by atoms with van der Waals surface area (Å²) in [5, 5.41) is 9.44. The monoisotopic (exact) mass is 280 g/mol. The number of hydrogen-bond acceptors (Lipinski definition) is 4. The molecule has 2 N–H and O–H groups in total. The van der Waals surface area contributed by atoms with Gasteiger partial charge in [-0.3, -0.25) is 4.79 Å². The van der Waals surface area contributed by atoms with Crippen molar-refractivity contribution in [1.29, 1.82) is 5.26 Å². The lowest BCUT2D eigenvalue weighted by Gasteiger charge is -2.31. The van der Waals surface area contributed by atoms with Gasteiger partial charge in [0.25, 0.3) is 0 Å². The normalized spacial score (nSPS) is 21.7. The highest BCUT2D eigenvalue weighted by Gasteiger charge is 2.37. The van der Waals surface area contributed by atoms with Crippen molar-refractivity contribution in [2.24, 2.45) is 5.73 Å². The van der Waals surface area contributed by atoms with E-state index in [1.54, 1.807) is 0 Å². The number of nitrogens with two attached hydrogens (primary N) is 1. The fourth-order valence-electron chi connectivity index (χ4n) is 3.04. The highest BCUT2D eigenvalue weighted by Crippen LogP contribution is 2.43. The number of ketones is 1. The Morgan fingerprint density at radius 2 is 2.19 bits per heavy atom. The highest BCUT2D eigenvalue weighted by atomic mass is 16.5. The predicted octanol–water partition coefficient (Wildman–Crippen LogP) is 2.81. The molecule has 0 spiro atoms. The summed E-state index contributed by atoms with van der Waals surface area (Å²) in [5.74, 6) is 0.418. The molecule has 4 heteroatoms. The van der Waals surface area contributed by atoms with Gasteiger partial charge in [0.05, 0.1) is 5.92 Å². The van der Waals surface area contributed by atoms with Crippen molar-refractivity contribution >= 4 is 5.78 Å². The van der Waals surface area contributed by atoms with Gasteiger partial charge in [-0.25, -0.2) is 0 Å². The van der Waals surface area contributed by atoms with Crippen LogP contribution in [0.3, 0.4) is 0 Å².